The predicted molar refractivity (Wildman–Crippen MR) is 102 cm³/mol. The Balaban J connectivity index is 2.15. The van der Waals surface area contributed by atoms with Crippen molar-refractivity contribution in [1.29, 1.82) is 0 Å². The Kier molecular flexibility index (Phi) is 6.36. The van der Waals surface area contributed by atoms with E-state index in [-0.39, 0.29) is 28.5 Å². The van der Waals surface area contributed by atoms with E-state index in [0.717, 1.165) is 10.7 Å². The van der Waals surface area contributed by atoms with Gasteiger partial charge in [-0.05, 0) is 24.3 Å². The standard InChI is InChI=1S/C19H9Cl2F10N3/c1-34-15(32-14(33-34)13-11(21)3-2-4-12(13)22)9-7-8(5-6-10(9)20)16(23,24)17(25,26)18(27,28)19(29,30)31/h2-7H,1H3. The normalized spacial score (nSPS) is 13.4. The molecule has 0 saturated carbocycles. The molecule has 0 radical (unpaired) electrons. The quantitative estimate of drug-likeness (QED) is 0.314. The van der Waals surface area contributed by atoms with Gasteiger partial charge in [0, 0.05) is 18.2 Å². The van der Waals surface area contributed by atoms with Crippen molar-refractivity contribution >= 4 is 23.2 Å². The van der Waals surface area contributed by atoms with Crippen LogP contribution in [0.2, 0.25) is 10.0 Å². The Morgan fingerprint density at radius 2 is 1.44 bits per heavy atom. The average Bonchev–Trinajstić information content (AvgIpc) is 3.07. The zero-order valence-electron chi connectivity index (χ0n) is 16.3. The number of nitrogens with zero attached hydrogens (tertiary/aromatic N) is 3. The second-order valence-corrected chi connectivity index (χ2v) is 7.71. The molecule has 0 unspecified atom stereocenters. The van der Waals surface area contributed by atoms with E-state index in [0.29, 0.717) is 6.07 Å². The number of rotatable bonds is 5. The fourth-order valence-corrected chi connectivity index (χ4v) is 3.33. The minimum atomic E-state index is -7.07. The van der Waals surface area contributed by atoms with Crippen molar-refractivity contribution in [3.8, 4) is 22.8 Å². The maximum absolute atomic E-state index is 14.4. The highest BCUT2D eigenvalue weighted by atomic mass is 35.5. The van der Waals surface area contributed by atoms with E-state index in [4.69, 9.17) is 23.2 Å². The Morgan fingerprint density at radius 1 is 0.824 bits per heavy atom. The van der Waals surface area contributed by atoms with E-state index >= 15 is 0 Å². The molecule has 0 aliphatic rings. The third kappa shape index (κ3) is 3.98. The van der Waals surface area contributed by atoms with Gasteiger partial charge in [-0.3, -0.25) is 0 Å². The number of hydrogen-bond donors (Lipinski definition) is 0. The molecular formula is C19H9Cl2F10N3. The molecule has 3 rings (SSSR count). The lowest BCUT2D eigenvalue weighted by atomic mass is 9.95. The van der Waals surface area contributed by atoms with Crippen LogP contribution in [0.5, 0.6) is 0 Å². The highest BCUT2D eigenvalue weighted by Crippen LogP contribution is 2.57. The fraction of sp³-hybridized carbons (Fsp3) is 0.263. The van der Waals surface area contributed by atoms with Crippen molar-refractivity contribution in [2.45, 2.75) is 23.9 Å². The first-order chi connectivity index (χ1) is 15.4. The van der Waals surface area contributed by atoms with Crippen molar-refractivity contribution in [3.63, 3.8) is 0 Å². The highest BCUT2D eigenvalue weighted by molar-refractivity contribution is 6.33. The summed E-state index contributed by atoms with van der Waals surface area (Å²) in [5.74, 6) is -21.6. The van der Waals surface area contributed by atoms with Gasteiger partial charge in [0.15, 0.2) is 11.6 Å². The summed E-state index contributed by atoms with van der Waals surface area (Å²) in [7, 11) is 1.17. The van der Waals surface area contributed by atoms with Crippen LogP contribution in [0.25, 0.3) is 22.8 Å². The van der Waals surface area contributed by atoms with Crippen LogP contribution in [0.4, 0.5) is 43.9 Å². The Labute approximate surface area is 193 Å². The van der Waals surface area contributed by atoms with Crippen LogP contribution in [-0.2, 0) is 13.0 Å². The van der Waals surface area contributed by atoms with Gasteiger partial charge >= 0.3 is 23.9 Å². The Bertz CT molecular complexity index is 1220. The summed E-state index contributed by atoms with van der Waals surface area (Å²) in [5, 5.41) is 3.29. The molecule has 1 heterocycles. The maximum Gasteiger partial charge on any atom is 0.460 e. The van der Waals surface area contributed by atoms with Gasteiger partial charge < -0.3 is 0 Å². The van der Waals surface area contributed by atoms with Gasteiger partial charge in [-0.2, -0.15) is 44.6 Å². The van der Waals surface area contributed by atoms with Crippen LogP contribution in [0.3, 0.4) is 0 Å². The summed E-state index contributed by atoms with van der Waals surface area (Å²) < 4.78 is 135. The average molecular weight is 540 g/mol. The second kappa shape index (κ2) is 8.29. The van der Waals surface area contributed by atoms with E-state index in [9.17, 15) is 43.9 Å². The van der Waals surface area contributed by atoms with Gasteiger partial charge in [0.05, 0.1) is 15.6 Å². The van der Waals surface area contributed by atoms with Gasteiger partial charge in [-0.1, -0.05) is 35.3 Å². The Morgan fingerprint density at radius 3 is 2.00 bits per heavy atom. The molecule has 3 aromatic rings. The molecule has 0 bridgehead atoms. The molecule has 0 spiro atoms. The van der Waals surface area contributed by atoms with Gasteiger partial charge in [-0.15, -0.1) is 0 Å². The number of aromatic nitrogens is 3. The maximum atomic E-state index is 14.4. The second-order valence-electron chi connectivity index (χ2n) is 6.89. The van der Waals surface area contributed by atoms with E-state index in [1.165, 1.54) is 19.2 Å². The zero-order valence-corrected chi connectivity index (χ0v) is 17.9. The van der Waals surface area contributed by atoms with Crippen molar-refractivity contribution in [2.24, 2.45) is 7.05 Å². The lowest BCUT2D eigenvalue weighted by molar-refractivity contribution is -0.399. The van der Waals surface area contributed by atoms with Gasteiger partial charge in [-0.25, -0.2) is 14.1 Å². The molecule has 0 saturated heterocycles. The zero-order chi connectivity index (χ0) is 25.9. The molecular weight excluding hydrogens is 531 g/mol. The molecule has 1 aromatic heterocycles. The largest absolute Gasteiger partial charge is 0.460 e. The summed E-state index contributed by atoms with van der Waals surface area (Å²) >= 11 is 11.8. The van der Waals surface area contributed by atoms with Gasteiger partial charge in [0.2, 0.25) is 0 Å². The van der Waals surface area contributed by atoms with Crippen LogP contribution < -0.4 is 0 Å². The predicted octanol–water partition coefficient (Wildman–Crippen LogP) is 7.52. The minimum absolute atomic E-state index is 0.141. The van der Waals surface area contributed by atoms with Crippen LogP contribution in [0, 0.1) is 5.82 Å². The Hall–Kier alpha value is -2.54. The highest BCUT2D eigenvalue weighted by Gasteiger charge is 2.82. The van der Waals surface area contributed by atoms with Crippen molar-refractivity contribution < 1.29 is 43.9 Å². The van der Waals surface area contributed by atoms with Crippen LogP contribution >= 0.6 is 23.2 Å². The van der Waals surface area contributed by atoms with E-state index in [2.05, 4.69) is 10.1 Å². The lowest BCUT2D eigenvalue weighted by Crippen LogP contribution is -2.59. The molecule has 34 heavy (non-hydrogen) atoms. The van der Waals surface area contributed by atoms with Crippen LogP contribution in [-0.4, -0.2) is 32.8 Å². The number of alkyl halides is 9. The lowest BCUT2D eigenvalue weighted by Gasteiger charge is -2.34. The summed E-state index contributed by atoms with van der Waals surface area (Å²) in [6, 6.07) is 4.47. The topological polar surface area (TPSA) is 30.7 Å². The molecule has 3 nitrogen and oxygen atoms in total. The van der Waals surface area contributed by atoms with E-state index < -0.39 is 51.7 Å². The first-order valence-corrected chi connectivity index (χ1v) is 9.55. The van der Waals surface area contributed by atoms with Crippen LogP contribution in [0.1, 0.15) is 5.56 Å². The van der Waals surface area contributed by atoms with Crippen molar-refractivity contribution in [1.82, 2.24) is 14.8 Å². The number of hydrogen-bond acceptors (Lipinski definition) is 2. The summed E-state index contributed by atoms with van der Waals surface area (Å²) in [6.45, 7) is 0. The first kappa shape index (κ1) is 26.1. The van der Waals surface area contributed by atoms with Crippen LogP contribution in [0.15, 0.2) is 36.4 Å². The van der Waals surface area contributed by atoms with Crippen molar-refractivity contribution in [2.75, 3.05) is 0 Å². The molecule has 184 valence electrons. The molecule has 0 N–H and O–H groups in total. The monoisotopic (exact) mass is 539 g/mol. The van der Waals surface area contributed by atoms with Gasteiger partial charge in [0.25, 0.3) is 0 Å². The third-order valence-corrected chi connectivity index (χ3v) is 5.31. The molecule has 15 heteroatoms. The number of halogens is 12. The third-order valence-electron chi connectivity index (χ3n) is 4.66. The molecule has 2 aromatic carbocycles. The summed E-state index contributed by atoms with van der Waals surface area (Å²) in [4.78, 5) is 3.89. The van der Waals surface area contributed by atoms with Gasteiger partial charge in [0.1, 0.15) is 5.82 Å². The smallest absolute Gasteiger partial charge is 0.248 e. The molecule has 0 aliphatic heterocycles. The summed E-state index contributed by atoms with van der Waals surface area (Å²) in [5.41, 5.74) is -2.80. The number of aryl methyl sites for hydroxylation is 1. The van der Waals surface area contributed by atoms with E-state index in [1.807, 2.05) is 0 Å². The fourth-order valence-electron chi connectivity index (χ4n) is 2.88. The molecule has 0 atom stereocenters. The molecule has 0 fully saturated rings. The minimum Gasteiger partial charge on any atom is -0.248 e. The number of benzene rings is 2. The summed E-state index contributed by atoms with van der Waals surface area (Å²) in [6.07, 6.45) is -6.97. The van der Waals surface area contributed by atoms with Crippen molar-refractivity contribution in [3.05, 3.63) is 57.8 Å². The molecule has 0 amide bonds. The van der Waals surface area contributed by atoms with E-state index in [1.54, 1.807) is 0 Å². The first-order valence-electron chi connectivity index (χ1n) is 8.79. The SMILES string of the molecule is Cn1nc(-c2c(F)cccc2Cl)nc1-c1cc(C(F)(F)C(F)(F)C(F)(F)C(F)(F)F)ccc1Cl. The molecule has 0 aliphatic carbocycles.